The van der Waals surface area contributed by atoms with Gasteiger partial charge in [0.05, 0.1) is 4.92 Å². The van der Waals surface area contributed by atoms with Crippen molar-refractivity contribution in [3.63, 3.8) is 0 Å². The van der Waals surface area contributed by atoms with Crippen LogP contribution >= 0.6 is 0 Å². The second kappa shape index (κ2) is 4.71. The number of aryl methyl sites for hydroxylation is 1. The predicted molar refractivity (Wildman–Crippen MR) is 67.5 cm³/mol. The summed E-state index contributed by atoms with van der Waals surface area (Å²) >= 11 is 0. The van der Waals surface area contributed by atoms with Gasteiger partial charge in [-0.3, -0.25) is 10.1 Å². The van der Waals surface area contributed by atoms with E-state index in [0.717, 1.165) is 30.9 Å². The number of anilines is 1. The van der Waals surface area contributed by atoms with E-state index in [0.29, 0.717) is 0 Å². The van der Waals surface area contributed by atoms with Crippen LogP contribution in [-0.2, 0) is 0 Å². The third-order valence-corrected chi connectivity index (χ3v) is 3.14. The smallest absolute Gasteiger partial charge is 0.292 e. The minimum absolute atomic E-state index is 0.207. The zero-order valence-corrected chi connectivity index (χ0v) is 10.1. The molecule has 1 N–H and O–H groups in total. The first-order chi connectivity index (χ1) is 8.09. The van der Waals surface area contributed by atoms with Crippen LogP contribution in [0.3, 0.4) is 0 Å². The number of hydrogen-bond acceptors (Lipinski definition) is 4. The number of nitro benzene ring substituents is 1. The largest absolute Gasteiger partial charge is 0.361 e. The van der Waals surface area contributed by atoms with E-state index in [1.807, 2.05) is 19.1 Å². The third kappa shape index (κ3) is 2.39. The molecular weight excluding hydrogens is 218 g/mol. The summed E-state index contributed by atoms with van der Waals surface area (Å²) in [5.74, 6) is 0. The fourth-order valence-electron chi connectivity index (χ4n) is 2.22. The summed E-state index contributed by atoms with van der Waals surface area (Å²) in [5, 5.41) is 14.4. The van der Waals surface area contributed by atoms with Crippen LogP contribution in [0.5, 0.6) is 0 Å². The molecule has 0 spiro atoms. The molecular formula is C12H17N3O2. The van der Waals surface area contributed by atoms with E-state index in [1.54, 1.807) is 6.07 Å². The number of benzene rings is 1. The normalized spacial score (nSPS) is 20.4. The minimum Gasteiger partial charge on any atom is -0.361 e. The highest BCUT2D eigenvalue weighted by molar-refractivity contribution is 5.65. The van der Waals surface area contributed by atoms with E-state index in [4.69, 9.17) is 0 Å². The second-order valence-corrected chi connectivity index (χ2v) is 4.50. The summed E-state index contributed by atoms with van der Waals surface area (Å²) in [6.45, 7) is 6.50. The van der Waals surface area contributed by atoms with Crippen LogP contribution in [0.4, 0.5) is 11.4 Å². The van der Waals surface area contributed by atoms with Crippen molar-refractivity contribution < 1.29 is 4.92 Å². The number of hydrogen-bond donors (Lipinski definition) is 1. The fraction of sp³-hybridized carbons (Fsp3) is 0.500. The van der Waals surface area contributed by atoms with Gasteiger partial charge in [-0.1, -0.05) is 6.07 Å². The van der Waals surface area contributed by atoms with Gasteiger partial charge in [0.2, 0.25) is 0 Å². The van der Waals surface area contributed by atoms with Crippen LogP contribution in [0.15, 0.2) is 18.2 Å². The minimum atomic E-state index is -0.295. The number of piperazine rings is 1. The van der Waals surface area contributed by atoms with Crippen molar-refractivity contribution in [3.05, 3.63) is 33.9 Å². The standard InChI is InChI=1S/C12H17N3O2/c1-9-3-4-11(12(7-9)15(16)17)14-6-5-13-8-10(14)2/h3-4,7,10,13H,5-6,8H2,1-2H3/t10-/m1/s1. The van der Waals surface area contributed by atoms with Gasteiger partial charge in [0, 0.05) is 31.7 Å². The summed E-state index contributed by atoms with van der Waals surface area (Å²) in [4.78, 5) is 12.9. The molecule has 2 rings (SSSR count). The molecule has 1 aromatic rings. The molecule has 0 saturated carbocycles. The Morgan fingerprint density at radius 3 is 2.94 bits per heavy atom. The van der Waals surface area contributed by atoms with Gasteiger partial charge in [0.1, 0.15) is 5.69 Å². The summed E-state index contributed by atoms with van der Waals surface area (Å²) in [6.07, 6.45) is 0. The average molecular weight is 235 g/mol. The molecule has 0 aromatic heterocycles. The summed E-state index contributed by atoms with van der Waals surface area (Å²) in [7, 11) is 0. The Bertz CT molecular complexity index is 434. The predicted octanol–water partition coefficient (Wildman–Crippen LogP) is 1.70. The van der Waals surface area contributed by atoms with Crippen molar-refractivity contribution in [2.24, 2.45) is 0 Å². The van der Waals surface area contributed by atoms with E-state index in [-0.39, 0.29) is 16.7 Å². The topological polar surface area (TPSA) is 58.4 Å². The molecule has 1 fully saturated rings. The Hall–Kier alpha value is -1.62. The van der Waals surface area contributed by atoms with E-state index in [1.165, 1.54) is 0 Å². The SMILES string of the molecule is Cc1ccc(N2CCNC[C@H]2C)c([N+](=O)[O-])c1. The Morgan fingerprint density at radius 1 is 1.53 bits per heavy atom. The van der Waals surface area contributed by atoms with Gasteiger partial charge < -0.3 is 10.2 Å². The highest BCUT2D eigenvalue weighted by atomic mass is 16.6. The van der Waals surface area contributed by atoms with Gasteiger partial charge in [-0.05, 0) is 25.5 Å². The maximum absolute atomic E-state index is 11.1. The molecule has 92 valence electrons. The monoisotopic (exact) mass is 235 g/mol. The summed E-state index contributed by atoms with van der Waals surface area (Å²) in [5.41, 5.74) is 1.86. The van der Waals surface area contributed by atoms with Gasteiger partial charge in [-0.25, -0.2) is 0 Å². The van der Waals surface area contributed by atoms with Gasteiger partial charge in [0.25, 0.3) is 5.69 Å². The van der Waals surface area contributed by atoms with Crippen molar-refractivity contribution in [2.45, 2.75) is 19.9 Å². The molecule has 1 aliphatic rings. The molecule has 0 unspecified atom stereocenters. The molecule has 1 aliphatic heterocycles. The third-order valence-electron chi connectivity index (χ3n) is 3.14. The van der Waals surface area contributed by atoms with Crippen LogP contribution in [0.1, 0.15) is 12.5 Å². The first-order valence-corrected chi connectivity index (χ1v) is 5.82. The van der Waals surface area contributed by atoms with E-state index >= 15 is 0 Å². The van der Waals surface area contributed by atoms with Crippen LogP contribution in [0.25, 0.3) is 0 Å². The molecule has 0 bridgehead atoms. The average Bonchev–Trinajstić information content (AvgIpc) is 2.30. The molecule has 1 aromatic carbocycles. The number of rotatable bonds is 2. The molecule has 0 amide bonds. The lowest BCUT2D eigenvalue weighted by molar-refractivity contribution is -0.384. The van der Waals surface area contributed by atoms with Crippen molar-refractivity contribution >= 4 is 11.4 Å². The van der Waals surface area contributed by atoms with Crippen LogP contribution in [0, 0.1) is 17.0 Å². The lowest BCUT2D eigenvalue weighted by Crippen LogP contribution is -2.50. The highest BCUT2D eigenvalue weighted by Gasteiger charge is 2.25. The van der Waals surface area contributed by atoms with E-state index in [9.17, 15) is 10.1 Å². The molecule has 1 heterocycles. The Labute approximate surface area is 101 Å². The summed E-state index contributed by atoms with van der Waals surface area (Å²) < 4.78 is 0. The molecule has 1 atom stereocenters. The maximum Gasteiger partial charge on any atom is 0.292 e. The lowest BCUT2D eigenvalue weighted by Gasteiger charge is -2.35. The zero-order chi connectivity index (χ0) is 12.4. The van der Waals surface area contributed by atoms with Crippen LogP contribution in [0.2, 0.25) is 0 Å². The van der Waals surface area contributed by atoms with Crippen LogP contribution < -0.4 is 10.2 Å². The van der Waals surface area contributed by atoms with E-state index in [2.05, 4.69) is 17.1 Å². The molecule has 0 aliphatic carbocycles. The highest BCUT2D eigenvalue weighted by Crippen LogP contribution is 2.30. The van der Waals surface area contributed by atoms with Crippen molar-refractivity contribution in [1.82, 2.24) is 5.32 Å². The van der Waals surface area contributed by atoms with Gasteiger partial charge in [-0.2, -0.15) is 0 Å². The summed E-state index contributed by atoms with van der Waals surface area (Å²) in [6, 6.07) is 5.71. The first kappa shape index (κ1) is 11.9. The fourth-order valence-corrected chi connectivity index (χ4v) is 2.22. The molecule has 5 heteroatoms. The Balaban J connectivity index is 2.39. The van der Waals surface area contributed by atoms with Crippen LogP contribution in [-0.4, -0.2) is 30.6 Å². The first-order valence-electron chi connectivity index (χ1n) is 5.82. The molecule has 1 saturated heterocycles. The quantitative estimate of drug-likeness (QED) is 0.626. The number of nitrogens with zero attached hydrogens (tertiary/aromatic N) is 2. The Kier molecular flexibility index (Phi) is 3.28. The molecule has 17 heavy (non-hydrogen) atoms. The number of nitrogens with one attached hydrogen (secondary N) is 1. The van der Waals surface area contributed by atoms with Crippen molar-refractivity contribution in [3.8, 4) is 0 Å². The van der Waals surface area contributed by atoms with Gasteiger partial charge in [-0.15, -0.1) is 0 Å². The van der Waals surface area contributed by atoms with Gasteiger partial charge >= 0.3 is 0 Å². The Morgan fingerprint density at radius 2 is 2.29 bits per heavy atom. The molecule has 5 nitrogen and oxygen atoms in total. The maximum atomic E-state index is 11.1. The zero-order valence-electron chi connectivity index (χ0n) is 10.1. The molecule has 0 radical (unpaired) electrons. The van der Waals surface area contributed by atoms with Crippen molar-refractivity contribution in [1.29, 1.82) is 0 Å². The van der Waals surface area contributed by atoms with E-state index < -0.39 is 0 Å². The number of nitro groups is 1. The lowest BCUT2D eigenvalue weighted by atomic mass is 10.1. The second-order valence-electron chi connectivity index (χ2n) is 4.50. The van der Waals surface area contributed by atoms with Crippen molar-refractivity contribution in [2.75, 3.05) is 24.5 Å². The van der Waals surface area contributed by atoms with Gasteiger partial charge in [0.15, 0.2) is 0 Å².